The van der Waals surface area contributed by atoms with Crippen molar-refractivity contribution in [1.29, 1.82) is 0 Å². The van der Waals surface area contributed by atoms with E-state index in [0.29, 0.717) is 5.82 Å². The molecule has 29 heavy (non-hydrogen) atoms. The van der Waals surface area contributed by atoms with Gasteiger partial charge >= 0.3 is 153 Å². The number of aryl methyl sites for hydroxylation is 2. The first kappa shape index (κ1) is 21.5. The number of amides is 1. The number of halogens is 1. The van der Waals surface area contributed by atoms with Crippen molar-refractivity contribution in [3.05, 3.63) is 47.0 Å². The van der Waals surface area contributed by atoms with Gasteiger partial charge in [0, 0.05) is 7.05 Å². The molecule has 0 saturated heterocycles. The van der Waals surface area contributed by atoms with Crippen molar-refractivity contribution in [3.8, 4) is 5.82 Å². The quantitative estimate of drug-likeness (QED) is 0.424. The predicted molar refractivity (Wildman–Crippen MR) is 112 cm³/mol. The molecule has 1 N–H and O–H groups in total. The molecule has 0 saturated carbocycles. The van der Waals surface area contributed by atoms with Crippen molar-refractivity contribution in [2.75, 3.05) is 0 Å². The number of aromatic nitrogens is 5. The molecule has 3 aromatic rings. The van der Waals surface area contributed by atoms with Crippen molar-refractivity contribution < 1.29 is 13.2 Å². The molecule has 9 nitrogen and oxygen atoms in total. The zero-order valence-corrected chi connectivity index (χ0v) is 20.3. The van der Waals surface area contributed by atoms with Crippen LogP contribution in [0.4, 0.5) is 0 Å². The van der Waals surface area contributed by atoms with Gasteiger partial charge in [0.1, 0.15) is 0 Å². The SMILES string of the molecule is Cc1nn(C)cc1S(=O)(=O)NC(=O)c1ccc(-n2cc[c]([Ge]([CH3])([CH3])[CH3])n2)nc1Cl. The number of carbonyl (C=O) groups is 1. The summed E-state index contributed by atoms with van der Waals surface area (Å²) in [6.07, 6.45) is 3.11. The molecule has 3 rings (SSSR count). The summed E-state index contributed by atoms with van der Waals surface area (Å²) in [6, 6.07) is 4.94. The van der Waals surface area contributed by atoms with E-state index in [9.17, 15) is 13.2 Å². The van der Waals surface area contributed by atoms with Gasteiger partial charge in [-0.1, -0.05) is 0 Å². The van der Waals surface area contributed by atoms with Crippen LogP contribution in [0.5, 0.6) is 0 Å². The summed E-state index contributed by atoms with van der Waals surface area (Å²) in [6.45, 7) is 1.54. The maximum atomic E-state index is 12.5. The van der Waals surface area contributed by atoms with E-state index >= 15 is 0 Å². The number of pyridine rings is 1. The number of nitrogens with zero attached hydrogens (tertiary/aromatic N) is 5. The van der Waals surface area contributed by atoms with Crippen LogP contribution in [0.25, 0.3) is 5.82 Å². The molecule has 0 atom stereocenters. The summed E-state index contributed by atoms with van der Waals surface area (Å²) in [4.78, 5) is 16.6. The number of carbonyl (C=O) groups excluding carboxylic acids is 1. The molecule has 0 aliphatic rings. The molecule has 0 radical (unpaired) electrons. The number of hydrogen-bond acceptors (Lipinski definition) is 6. The van der Waals surface area contributed by atoms with Crippen LogP contribution in [0.2, 0.25) is 22.4 Å². The second-order valence-corrected chi connectivity index (χ2v) is 20.1. The fourth-order valence-corrected chi connectivity index (χ4v) is 6.13. The average molecular weight is 498 g/mol. The van der Waals surface area contributed by atoms with Gasteiger partial charge in [-0.25, -0.2) is 0 Å². The molecule has 0 fully saturated rings. The Labute approximate surface area is 176 Å². The van der Waals surface area contributed by atoms with Crippen LogP contribution < -0.4 is 9.25 Å². The first-order chi connectivity index (χ1) is 13.4. The second kappa shape index (κ2) is 7.58. The fourth-order valence-electron chi connectivity index (χ4n) is 2.65. The summed E-state index contributed by atoms with van der Waals surface area (Å²) in [5.74, 6) is 6.25. The van der Waals surface area contributed by atoms with Crippen LogP contribution in [0.15, 0.2) is 35.5 Å². The van der Waals surface area contributed by atoms with Gasteiger partial charge in [-0.05, 0) is 6.92 Å². The van der Waals surface area contributed by atoms with Gasteiger partial charge in [0.2, 0.25) is 0 Å². The fraction of sp³-hybridized carbons (Fsp3) is 0.294. The minimum absolute atomic E-state index is 0.0543. The van der Waals surface area contributed by atoms with E-state index in [1.165, 1.54) is 16.9 Å². The van der Waals surface area contributed by atoms with Gasteiger partial charge in [0.25, 0.3) is 0 Å². The van der Waals surface area contributed by atoms with Crippen LogP contribution in [0, 0.1) is 6.92 Å². The molecule has 154 valence electrons. The molecular formula is C17H21ClGeN6O3S. The Kier molecular flexibility index (Phi) is 5.63. The normalized spacial score (nSPS) is 12.2. The molecular weight excluding hydrogens is 476 g/mol. The Morgan fingerprint density at radius 3 is 2.38 bits per heavy atom. The monoisotopic (exact) mass is 498 g/mol. The van der Waals surface area contributed by atoms with Gasteiger partial charge in [-0.15, -0.1) is 0 Å². The van der Waals surface area contributed by atoms with Gasteiger partial charge in [-0.3, -0.25) is 4.68 Å². The summed E-state index contributed by atoms with van der Waals surface area (Å²) in [5, 5.41) is 8.41. The Morgan fingerprint density at radius 1 is 1.17 bits per heavy atom. The molecule has 0 bridgehead atoms. The van der Waals surface area contributed by atoms with E-state index in [4.69, 9.17) is 11.6 Å². The second-order valence-electron chi connectivity index (χ2n) is 7.59. The van der Waals surface area contributed by atoms with E-state index < -0.39 is 29.2 Å². The van der Waals surface area contributed by atoms with Crippen molar-refractivity contribution >= 4 is 45.3 Å². The third-order valence-corrected chi connectivity index (χ3v) is 9.66. The number of sulfonamides is 1. The molecule has 3 aromatic heterocycles. The summed E-state index contributed by atoms with van der Waals surface area (Å²) in [7, 11) is -2.50. The van der Waals surface area contributed by atoms with Gasteiger partial charge in [0.15, 0.2) is 0 Å². The molecule has 3 heterocycles. The first-order valence-electron chi connectivity index (χ1n) is 8.69. The van der Waals surface area contributed by atoms with Gasteiger partial charge in [0.05, 0.1) is 0 Å². The molecule has 0 spiro atoms. The van der Waals surface area contributed by atoms with Gasteiger partial charge in [-0.2, -0.15) is 5.10 Å². The third-order valence-electron chi connectivity index (χ3n) is 4.16. The molecule has 0 unspecified atom stereocenters. The van der Waals surface area contributed by atoms with Crippen LogP contribution >= 0.6 is 11.6 Å². The Morgan fingerprint density at radius 2 is 1.86 bits per heavy atom. The molecule has 0 aromatic carbocycles. The Hall–Kier alpha value is -2.18. The summed E-state index contributed by atoms with van der Waals surface area (Å²) < 4.78 is 31.0. The topological polar surface area (TPSA) is 112 Å². The number of nitrogens with one attached hydrogen (secondary N) is 1. The molecule has 12 heteroatoms. The van der Waals surface area contributed by atoms with E-state index in [-0.39, 0.29) is 21.3 Å². The molecule has 0 aliphatic heterocycles. The van der Waals surface area contributed by atoms with Crippen molar-refractivity contribution in [3.63, 3.8) is 0 Å². The number of rotatable bonds is 5. The van der Waals surface area contributed by atoms with E-state index in [1.54, 1.807) is 30.9 Å². The van der Waals surface area contributed by atoms with E-state index in [1.807, 2.05) is 10.8 Å². The zero-order valence-electron chi connectivity index (χ0n) is 16.6. The van der Waals surface area contributed by atoms with Crippen molar-refractivity contribution in [2.24, 2.45) is 7.05 Å². The van der Waals surface area contributed by atoms with Gasteiger partial charge < -0.3 is 0 Å². The van der Waals surface area contributed by atoms with Crippen LogP contribution in [-0.2, 0) is 17.1 Å². The molecule has 0 aliphatic carbocycles. The van der Waals surface area contributed by atoms with Crippen LogP contribution in [0.3, 0.4) is 0 Å². The zero-order chi connectivity index (χ0) is 21.6. The van der Waals surface area contributed by atoms with Crippen molar-refractivity contribution in [1.82, 2.24) is 29.3 Å². The Balaban J connectivity index is 1.86. The van der Waals surface area contributed by atoms with Crippen LogP contribution in [-0.4, -0.2) is 52.1 Å². The first-order valence-corrected chi connectivity index (χ1v) is 17.9. The van der Waals surface area contributed by atoms with E-state index in [0.717, 1.165) is 4.53 Å². The third kappa shape index (κ3) is 4.54. The Bertz CT molecular complexity index is 1200. The van der Waals surface area contributed by atoms with Crippen LogP contribution in [0.1, 0.15) is 16.1 Å². The standard InChI is InChI=1S/C17H21ClGeN6O3S/c1-11-13(10-24(5)21-11)29(27,28)23-17(26)12-6-7-15(20-16(12)18)25-9-8-14(22-25)19(2,3)4/h6-10H,1-5H3,(H,23,26). The molecule has 1 amide bonds. The number of hydrogen-bond donors (Lipinski definition) is 1. The maximum absolute atomic E-state index is 12.5. The summed E-state index contributed by atoms with van der Waals surface area (Å²) in [5.41, 5.74) is 0.229. The van der Waals surface area contributed by atoms with Crippen molar-refractivity contribution in [2.45, 2.75) is 29.1 Å². The van der Waals surface area contributed by atoms with E-state index in [2.05, 4.69) is 32.5 Å². The minimum atomic E-state index is -4.09. The predicted octanol–water partition coefficient (Wildman–Crippen LogP) is 1.63. The summed E-state index contributed by atoms with van der Waals surface area (Å²) >= 11 is 4.08. The average Bonchev–Trinajstić information content (AvgIpc) is 3.20.